The summed E-state index contributed by atoms with van der Waals surface area (Å²) in [6.45, 7) is 3.56. The molecule has 0 radical (unpaired) electrons. The molecule has 9 nitrogen and oxygen atoms in total. The van der Waals surface area contributed by atoms with Gasteiger partial charge in [0.2, 0.25) is 11.8 Å². The summed E-state index contributed by atoms with van der Waals surface area (Å²) in [6.07, 6.45) is 2.10. The predicted molar refractivity (Wildman–Crippen MR) is 148 cm³/mol. The maximum absolute atomic E-state index is 13.1. The third kappa shape index (κ3) is 6.17. The lowest BCUT2D eigenvalue weighted by molar-refractivity contribution is -0.137. The monoisotopic (exact) mass is 563 g/mol. The number of amides is 1. The normalized spacial score (nSPS) is 14.8. The van der Waals surface area contributed by atoms with Gasteiger partial charge in [-0.3, -0.25) is 15.0 Å². The number of hydrogen-bond acceptors (Lipinski definition) is 6. The summed E-state index contributed by atoms with van der Waals surface area (Å²) in [4.78, 5) is 27.1. The van der Waals surface area contributed by atoms with Crippen molar-refractivity contribution in [3.8, 4) is 17.0 Å². The van der Waals surface area contributed by atoms with E-state index in [2.05, 4.69) is 30.3 Å². The van der Waals surface area contributed by atoms with Gasteiger partial charge in [-0.05, 0) is 67.4 Å². The number of nitrogens with zero attached hydrogens (tertiary/aromatic N) is 5. The summed E-state index contributed by atoms with van der Waals surface area (Å²) < 4.78 is 46.8. The molecule has 1 saturated heterocycles. The SMILES string of the molecule is O=C(Nc1nc2ccc(-c3cccc(C(F)(F)F)c3)cc2[nH]1)c1cn2nc(OCCN3CCCCCC3)ccc2n1. The molecule has 41 heavy (non-hydrogen) atoms. The van der Waals surface area contributed by atoms with Crippen LogP contribution in [0.15, 0.2) is 60.8 Å². The number of halogens is 3. The van der Waals surface area contributed by atoms with Crippen molar-refractivity contribution in [2.45, 2.75) is 31.9 Å². The minimum atomic E-state index is -4.43. The summed E-state index contributed by atoms with van der Waals surface area (Å²) in [7, 11) is 0. The number of nitrogens with one attached hydrogen (secondary N) is 2. The van der Waals surface area contributed by atoms with Gasteiger partial charge in [-0.2, -0.15) is 13.2 Å². The molecule has 0 unspecified atom stereocenters. The van der Waals surface area contributed by atoms with Crippen molar-refractivity contribution >= 4 is 28.5 Å². The number of carbonyl (C=O) groups is 1. The zero-order valence-electron chi connectivity index (χ0n) is 22.1. The van der Waals surface area contributed by atoms with Crippen LogP contribution in [0.3, 0.4) is 0 Å². The number of hydrogen-bond donors (Lipinski definition) is 2. The fraction of sp³-hybridized carbons (Fsp3) is 0.310. The second-order valence-electron chi connectivity index (χ2n) is 10.1. The van der Waals surface area contributed by atoms with Crippen molar-refractivity contribution in [3.05, 3.63) is 72.1 Å². The van der Waals surface area contributed by atoms with Gasteiger partial charge in [0.1, 0.15) is 12.3 Å². The molecule has 4 heterocycles. The highest BCUT2D eigenvalue weighted by Gasteiger charge is 2.30. The molecule has 2 N–H and O–H groups in total. The Morgan fingerprint density at radius 1 is 0.976 bits per heavy atom. The third-order valence-electron chi connectivity index (χ3n) is 7.12. The van der Waals surface area contributed by atoms with Crippen LogP contribution in [-0.4, -0.2) is 61.6 Å². The van der Waals surface area contributed by atoms with E-state index in [1.54, 1.807) is 36.4 Å². The van der Waals surface area contributed by atoms with Gasteiger partial charge in [-0.15, -0.1) is 5.10 Å². The Morgan fingerprint density at radius 2 is 1.78 bits per heavy atom. The summed E-state index contributed by atoms with van der Waals surface area (Å²) in [5.41, 5.74) is 2.03. The first-order chi connectivity index (χ1) is 19.8. The quantitative estimate of drug-likeness (QED) is 0.260. The minimum absolute atomic E-state index is 0.143. The molecule has 0 saturated carbocycles. The molecule has 12 heteroatoms. The first kappa shape index (κ1) is 26.8. The zero-order chi connectivity index (χ0) is 28.4. The van der Waals surface area contributed by atoms with E-state index in [-0.39, 0.29) is 11.6 Å². The molecule has 0 spiro atoms. The van der Waals surface area contributed by atoms with Gasteiger partial charge in [0, 0.05) is 12.6 Å². The molecule has 212 valence electrons. The molecule has 0 bridgehead atoms. The number of aromatic nitrogens is 5. The van der Waals surface area contributed by atoms with Crippen molar-refractivity contribution in [2.24, 2.45) is 0 Å². The van der Waals surface area contributed by atoms with Crippen molar-refractivity contribution in [3.63, 3.8) is 0 Å². The van der Waals surface area contributed by atoms with Gasteiger partial charge in [-0.1, -0.05) is 31.0 Å². The zero-order valence-corrected chi connectivity index (χ0v) is 22.1. The number of rotatable bonds is 7. The molecule has 6 rings (SSSR count). The Morgan fingerprint density at radius 3 is 2.59 bits per heavy atom. The Labute approximate surface area is 233 Å². The smallest absolute Gasteiger partial charge is 0.416 e. The number of ether oxygens (including phenoxy) is 1. The number of alkyl halides is 3. The van der Waals surface area contributed by atoms with E-state index < -0.39 is 17.6 Å². The van der Waals surface area contributed by atoms with Gasteiger partial charge >= 0.3 is 6.18 Å². The maximum atomic E-state index is 13.1. The number of anilines is 1. The topological polar surface area (TPSA) is 100 Å². The second-order valence-corrected chi connectivity index (χ2v) is 10.1. The van der Waals surface area contributed by atoms with E-state index in [1.165, 1.54) is 42.5 Å². The van der Waals surface area contributed by atoms with Crippen LogP contribution < -0.4 is 10.1 Å². The van der Waals surface area contributed by atoms with Crippen molar-refractivity contribution in [2.75, 3.05) is 31.6 Å². The number of benzene rings is 2. The summed E-state index contributed by atoms with van der Waals surface area (Å²) in [5.74, 6) is 0.149. The van der Waals surface area contributed by atoms with Gasteiger partial charge in [0.25, 0.3) is 5.91 Å². The van der Waals surface area contributed by atoms with Crippen LogP contribution in [0, 0.1) is 0 Å². The molecule has 5 aromatic rings. The Kier molecular flexibility index (Phi) is 7.31. The lowest BCUT2D eigenvalue weighted by atomic mass is 10.0. The van der Waals surface area contributed by atoms with Crippen LogP contribution in [0.5, 0.6) is 5.88 Å². The standard InChI is InChI=1S/C29H28F3N7O2/c30-29(31,32)21-7-5-6-19(16-21)20-8-9-22-23(17-20)35-28(34-22)36-27(40)24-18-39-25(33-24)10-11-26(37-39)41-15-14-38-12-3-1-2-4-13-38/h5-11,16-18H,1-4,12-15H2,(H2,34,35,36,40). The summed E-state index contributed by atoms with van der Waals surface area (Å²) in [5, 5.41) is 7.11. The van der Waals surface area contributed by atoms with E-state index in [9.17, 15) is 18.0 Å². The Balaban J connectivity index is 1.12. The summed E-state index contributed by atoms with van der Waals surface area (Å²) >= 11 is 0. The largest absolute Gasteiger partial charge is 0.475 e. The Hall–Kier alpha value is -4.45. The Bertz CT molecular complexity index is 1690. The average Bonchev–Trinajstić information content (AvgIpc) is 3.47. The lowest BCUT2D eigenvalue weighted by Crippen LogP contribution is -2.29. The average molecular weight is 564 g/mol. The minimum Gasteiger partial charge on any atom is -0.475 e. The molecule has 1 aliphatic rings. The molecule has 1 amide bonds. The van der Waals surface area contributed by atoms with Crippen LogP contribution in [0.25, 0.3) is 27.8 Å². The van der Waals surface area contributed by atoms with E-state index in [0.29, 0.717) is 40.3 Å². The van der Waals surface area contributed by atoms with E-state index in [0.717, 1.165) is 31.8 Å². The maximum Gasteiger partial charge on any atom is 0.416 e. The van der Waals surface area contributed by atoms with Crippen molar-refractivity contribution < 1.29 is 22.7 Å². The van der Waals surface area contributed by atoms with E-state index >= 15 is 0 Å². The highest BCUT2D eigenvalue weighted by Crippen LogP contribution is 2.33. The number of fused-ring (bicyclic) bond motifs is 2. The highest BCUT2D eigenvalue weighted by molar-refractivity contribution is 6.03. The number of aromatic amines is 1. The molecular formula is C29H28F3N7O2. The third-order valence-corrected chi connectivity index (χ3v) is 7.12. The fourth-order valence-corrected chi connectivity index (χ4v) is 4.99. The van der Waals surface area contributed by atoms with Gasteiger partial charge in [-0.25, -0.2) is 14.5 Å². The molecule has 1 aliphatic heterocycles. The van der Waals surface area contributed by atoms with Gasteiger partial charge < -0.3 is 9.72 Å². The fourth-order valence-electron chi connectivity index (χ4n) is 4.99. The number of H-pyrrole nitrogens is 1. The predicted octanol–water partition coefficient (Wildman–Crippen LogP) is 5.80. The first-order valence-electron chi connectivity index (χ1n) is 13.5. The molecule has 2 aromatic carbocycles. The second kappa shape index (κ2) is 11.2. The number of likely N-dealkylation sites (tertiary alicyclic amines) is 1. The van der Waals surface area contributed by atoms with Crippen LogP contribution in [0.2, 0.25) is 0 Å². The molecule has 0 aliphatic carbocycles. The van der Waals surface area contributed by atoms with Gasteiger partial charge in [0.15, 0.2) is 5.65 Å². The van der Waals surface area contributed by atoms with E-state index in [1.807, 2.05) is 0 Å². The number of imidazole rings is 2. The molecular weight excluding hydrogens is 535 g/mol. The van der Waals surface area contributed by atoms with E-state index in [4.69, 9.17) is 4.74 Å². The van der Waals surface area contributed by atoms with Crippen molar-refractivity contribution in [1.82, 2.24) is 29.5 Å². The van der Waals surface area contributed by atoms with Gasteiger partial charge in [0.05, 0.1) is 22.8 Å². The first-order valence-corrected chi connectivity index (χ1v) is 13.5. The van der Waals surface area contributed by atoms with Crippen LogP contribution in [0.1, 0.15) is 41.7 Å². The van der Waals surface area contributed by atoms with Crippen molar-refractivity contribution in [1.29, 1.82) is 0 Å². The van der Waals surface area contributed by atoms with Crippen LogP contribution in [-0.2, 0) is 6.18 Å². The lowest BCUT2D eigenvalue weighted by Gasteiger charge is -2.19. The van der Waals surface area contributed by atoms with Crippen LogP contribution >= 0.6 is 0 Å². The summed E-state index contributed by atoms with van der Waals surface area (Å²) in [6, 6.07) is 13.6. The highest BCUT2D eigenvalue weighted by atomic mass is 19.4. The molecule has 3 aromatic heterocycles. The van der Waals surface area contributed by atoms with Crippen LogP contribution in [0.4, 0.5) is 19.1 Å². The molecule has 0 atom stereocenters. The molecule has 1 fully saturated rings. The number of carbonyl (C=O) groups excluding carboxylic acids is 1.